The van der Waals surface area contributed by atoms with Crippen LogP contribution in [0.3, 0.4) is 0 Å². The SMILES string of the molecule is COc1ccc(C(=O)Nc2c3c(nn2CC(=O)NCCc2ccccc2)CSC3)cc1OC. The smallest absolute Gasteiger partial charge is 0.256 e. The van der Waals surface area contributed by atoms with Crippen molar-refractivity contribution in [3.8, 4) is 11.5 Å². The summed E-state index contributed by atoms with van der Waals surface area (Å²) in [5.74, 6) is 2.63. The van der Waals surface area contributed by atoms with Gasteiger partial charge in [0.15, 0.2) is 11.5 Å². The number of hydrogen-bond donors (Lipinski definition) is 2. The second-order valence-corrected chi connectivity index (χ2v) is 8.52. The van der Waals surface area contributed by atoms with Crippen LogP contribution in [0.5, 0.6) is 11.5 Å². The molecule has 0 radical (unpaired) electrons. The number of rotatable bonds is 9. The van der Waals surface area contributed by atoms with Crippen molar-refractivity contribution in [3.63, 3.8) is 0 Å². The van der Waals surface area contributed by atoms with E-state index in [0.29, 0.717) is 29.4 Å². The molecule has 3 aromatic rings. The zero-order valence-corrected chi connectivity index (χ0v) is 19.4. The van der Waals surface area contributed by atoms with Crippen molar-refractivity contribution < 1.29 is 19.1 Å². The number of methoxy groups -OCH3 is 2. The summed E-state index contributed by atoms with van der Waals surface area (Å²) in [5, 5.41) is 10.5. The average Bonchev–Trinajstić information content (AvgIpc) is 3.41. The molecule has 0 saturated heterocycles. The number of thioether (sulfide) groups is 1. The lowest BCUT2D eigenvalue weighted by atomic mass is 10.1. The summed E-state index contributed by atoms with van der Waals surface area (Å²) < 4.78 is 12.1. The van der Waals surface area contributed by atoms with Gasteiger partial charge in [0, 0.05) is 29.2 Å². The van der Waals surface area contributed by atoms with Gasteiger partial charge in [0.1, 0.15) is 12.4 Å². The molecule has 2 N–H and O–H groups in total. The molecule has 8 nitrogen and oxygen atoms in total. The van der Waals surface area contributed by atoms with Crippen LogP contribution >= 0.6 is 11.8 Å². The van der Waals surface area contributed by atoms with Crippen molar-refractivity contribution in [2.24, 2.45) is 0 Å². The molecule has 2 amide bonds. The van der Waals surface area contributed by atoms with E-state index in [1.165, 1.54) is 7.11 Å². The number of benzene rings is 2. The molecule has 0 saturated carbocycles. The zero-order chi connectivity index (χ0) is 23.2. The van der Waals surface area contributed by atoms with Crippen LogP contribution in [-0.2, 0) is 29.3 Å². The molecule has 172 valence electrons. The zero-order valence-electron chi connectivity index (χ0n) is 18.6. The van der Waals surface area contributed by atoms with Crippen LogP contribution in [0.25, 0.3) is 0 Å². The number of ether oxygens (including phenoxy) is 2. The van der Waals surface area contributed by atoms with Crippen LogP contribution in [0.1, 0.15) is 27.2 Å². The quantitative estimate of drug-likeness (QED) is 0.503. The van der Waals surface area contributed by atoms with Crippen molar-refractivity contribution in [2.45, 2.75) is 24.5 Å². The van der Waals surface area contributed by atoms with Gasteiger partial charge in [-0.15, -0.1) is 0 Å². The van der Waals surface area contributed by atoms with Gasteiger partial charge >= 0.3 is 0 Å². The molecule has 2 aromatic carbocycles. The van der Waals surface area contributed by atoms with E-state index in [1.807, 2.05) is 30.3 Å². The Balaban J connectivity index is 1.45. The lowest BCUT2D eigenvalue weighted by Gasteiger charge is -2.13. The maximum atomic E-state index is 13.0. The van der Waals surface area contributed by atoms with E-state index >= 15 is 0 Å². The van der Waals surface area contributed by atoms with Gasteiger partial charge in [-0.1, -0.05) is 30.3 Å². The maximum Gasteiger partial charge on any atom is 0.256 e. The number of fused-ring (bicyclic) bond motifs is 1. The fourth-order valence-electron chi connectivity index (χ4n) is 3.66. The minimum Gasteiger partial charge on any atom is -0.493 e. The Morgan fingerprint density at radius 2 is 1.85 bits per heavy atom. The summed E-state index contributed by atoms with van der Waals surface area (Å²) in [6, 6.07) is 15.0. The Morgan fingerprint density at radius 3 is 2.61 bits per heavy atom. The molecule has 1 aliphatic rings. The van der Waals surface area contributed by atoms with Gasteiger partial charge in [-0.05, 0) is 30.2 Å². The van der Waals surface area contributed by atoms with Crippen molar-refractivity contribution in [2.75, 3.05) is 26.1 Å². The predicted octanol–water partition coefficient (Wildman–Crippen LogP) is 3.26. The molecule has 1 aromatic heterocycles. The van der Waals surface area contributed by atoms with E-state index in [0.717, 1.165) is 34.7 Å². The minimum absolute atomic E-state index is 0.0357. The third kappa shape index (κ3) is 5.31. The van der Waals surface area contributed by atoms with E-state index in [1.54, 1.807) is 41.8 Å². The van der Waals surface area contributed by atoms with Gasteiger partial charge < -0.3 is 20.1 Å². The third-order valence-corrected chi connectivity index (χ3v) is 6.34. The van der Waals surface area contributed by atoms with Crippen molar-refractivity contribution in [1.29, 1.82) is 0 Å². The van der Waals surface area contributed by atoms with Crippen LogP contribution in [0.15, 0.2) is 48.5 Å². The highest BCUT2D eigenvalue weighted by Crippen LogP contribution is 2.35. The molecule has 0 unspecified atom stereocenters. The van der Waals surface area contributed by atoms with Crippen LogP contribution in [0.4, 0.5) is 5.82 Å². The van der Waals surface area contributed by atoms with Crippen molar-refractivity contribution >= 4 is 29.4 Å². The highest BCUT2D eigenvalue weighted by atomic mass is 32.2. The molecule has 0 atom stereocenters. The fourth-order valence-corrected chi connectivity index (χ4v) is 4.70. The molecular weight excluding hydrogens is 440 g/mol. The summed E-state index contributed by atoms with van der Waals surface area (Å²) in [6.45, 7) is 0.570. The highest BCUT2D eigenvalue weighted by Gasteiger charge is 2.25. The van der Waals surface area contributed by atoms with Gasteiger partial charge in [-0.25, -0.2) is 4.68 Å². The van der Waals surface area contributed by atoms with Crippen LogP contribution < -0.4 is 20.1 Å². The Labute approximate surface area is 196 Å². The van der Waals surface area contributed by atoms with Gasteiger partial charge in [0.2, 0.25) is 5.91 Å². The first-order valence-corrected chi connectivity index (χ1v) is 11.7. The minimum atomic E-state index is -0.304. The van der Waals surface area contributed by atoms with E-state index in [2.05, 4.69) is 15.7 Å². The standard InChI is InChI=1S/C24H26N4O4S/c1-31-20-9-8-17(12-21(20)32-2)24(30)26-23-18-14-33-15-19(18)27-28(23)13-22(29)25-11-10-16-6-4-3-5-7-16/h3-9,12H,10-11,13-15H2,1-2H3,(H,25,29)(H,26,30). The second-order valence-electron chi connectivity index (χ2n) is 7.53. The van der Waals surface area contributed by atoms with E-state index in [9.17, 15) is 9.59 Å². The molecule has 0 bridgehead atoms. The van der Waals surface area contributed by atoms with Gasteiger partial charge in [-0.3, -0.25) is 9.59 Å². The summed E-state index contributed by atoms with van der Waals surface area (Å²) >= 11 is 1.73. The number of aromatic nitrogens is 2. The predicted molar refractivity (Wildman–Crippen MR) is 128 cm³/mol. The topological polar surface area (TPSA) is 94.5 Å². The number of nitrogens with one attached hydrogen (secondary N) is 2. The highest BCUT2D eigenvalue weighted by molar-refractivity contribution is 7.98. The van der Waals surface area contributed by atoms with Crippen LogP contribution in [0, 0.1) is 0 Å². The van der Waals surface area contributed by atoms with Crippen molar-refractivity contribution in [3.05, 3.63) is 70.9 Å². The lowest BCUT2D eigenvalue weighted by molar-refractivity contribution is -0.121. The molecule has 33 heavy (non-hydrogen) atoms. The summed E-state index contributed by atoms with van der Waals surface area (Å²) in [5.41, 5.74) is 3.45. The molecule has 0 fully saturated rings. The first-order chi connectivity index (χ1) is 16.1. The molecular formula is C24H26N4O4S. The molecule has 4 rings (SSSR count). The summed E-state index contributed by atoms with van der Waals surface area (Å²) in [4.78, 5) is 25.6. The number of amides is 2. The summed E-state index contributed by atoms with van der Waals surface area (Å²) in [6.07, 6.45) is 0.752. The van der Waals surface area contributed by atoms with Crippen LogP contribution in [0.2, 0.25) is 0 Å². The molecule has 9 heteroatoms. The molecule has 1 aliphatic heterocycles. The first-order valence-electron chi connectivity index (χ1n) is 10.6. The largest absolute Gasteiger partial charge is 0.493 e. The fraction of sp³-hybridized carbons (Fsp3) is 0.292. The Bertz CT molecular complexity index is 1150. The molecule has 2 heterocycles. The Hall–Kier alpha value is -3.46. The first kappa shape index (κ1) is 22.7. The van der Waals surface area contributed by atoms with Crippen LogP contribution in [-0.4, -0.2) is 42.4 Å². The van der Waals surface area contributed by atoms with E-state index in [4.69, 9.17) is 9.47 Å². The van der Waals surface area contributed by atoms with E-state index < -0.39 is 0 Å². The number of anilines is 1. The van der Waals surface area contributed by atoms with Crippen molar-refractivity contribution in [1.82, 2.24) is 15.1 Å². The van der Waals surface area contributed by atoms with Gasteiger partial charge in [0.25, 0.3) is 5.91 Å². The normalized spacial score (nSPS) is 12.2. The average molecular weight is 467 g/mol. The number of carbonyl (C=O) groups excluding carboxylic acids is 2. The molecule has 0 spiro atoms. The van der Waals surface area contributed by atoms with Gasteiger partial charge in [0.05, 0.1) is 19.9 Å². The third-order valence-electron chi connectivity index (χ3n) is 5.37. The Morgan fingerprint density at radius 1 is 1.06 bits per heavy atom. The van der Waals surface area contributed by atoms with Gasteiger partial charge in [-0.2, -0.15) is 16.9 Å². The number of nitrogens with zero attached hydrogens (tertiary/aromatic N) is 2. The second kappa shape index (κ2) is 10.4. The number of hydrogen-bond acceptors (Lipinski definition) is 6. The lowest BCUT2D eigenvalue weighted by Crippen LogP contribution is -2.30. The number of carbonyl (C=O) groups is 2. The monoisotopic (exact) mass is 466 g/mol. The Kier molecular flexibility index (Phi) is 7.19. The summed E-state index contributed by atoms with van der Waals surface area (Å²) in [7, 11) is 3.07. The maximum absolute atomic E-state index is 13.0. The van der Waals surface area contributed by atoms with E-state index in [-0.39, 0.29) is 18.4 Å². The molecule has 0 aliphatic carbocycles.